The highest BCUT2D eigenvalue weighted by molar-refractivity contribution is 5.96. The zero-order chi connectivity index (χ0) is 33.2. The van der Waals surface area contributed by atoms with Crippen molar-refractivity contribution in [1.82, 2.24) is 15.6 Å². The summed E-state index contributed by atoms with van der Waals surface area (Å²) >= 11 is 0. The van der Waals surface area contributed by atoms with E-state index >= 15 is 4.39 Å². The molecule has 2 fully saturated rings. The molecule has 0 aliphatic carbocycles. The number of benzene rings is 2. The van der Waals surface area contributed by atoms with E-state index in [9.17, 15) is 18.4 Å². The second kappa shape index (κ2) is 16.7. The van der Waals surface area contributed by atoms with Gasteiger partial charge in [-0.05, 0) is 67.0 Å². The summed E-state index contributed by atoms with van der Waals surface area (Å²) in [5.41, 5.74) is 7.98. The lowest BCUT2D eigenvalue weighted by Gasteiger charge is -2.30. The Morgan fingerprint density at radius 1 is 1.00 bits per heavy atom. The molecule has 2 saturated heterocycles. The third kappa shape index (κ3) is 9.74. The number of rotatable bonds is 12. The first-order valence-electron chi connectivity index (χ1n) is 15.8. The Bertz CT molecular complexity index is 1420. The van der Waals surface area contributed by atoms with Gasteiger partial charge in [-0.3, -0.25) is 9.78 Å². The Morgan fingerprint density at radius 2 is 1.66 bits per heavy atom. The van der Waals surface area contributed by atoms with E-state index in [1.54, 1.807) is 0 Å². The molecule has 3 aromatic rings. The van der Waals surface area contributed by atoms with Gasteiger partial charge >= 0.3 is 6.09 Å². The van der Waals surface area contributed by atoms with Crippen molar-refractivity contribution < 1.29 is 37.0 Å². The maximum atomic E-state index is 15.0. The lowest BCUT2D eigenvalue weighted by Crippen LogP contribution is -2.49. The van der Waals surface area contributed by atoms with E-state index < -0.39 is 41.4 Å². The van der Waals surface area contributed by atoms with Crippen LogP contribution in [0.15, 0.2) is 60.9 Å². The van der Waals surface area contributed by atoms with Crippen molar-refractivity contribution in [3.8, 4) is 0 Å². The van der Waals surface area contributed by atoms with Crippen LogP contribution < -0.4 is 21.7 Å². The number of halogens is 3. The molecule has 0 bridgehead atoms. The van der Waals surface area contributed by atoms with E-state index in [1.807, 2.05) is 0 Å². The monoisotopic (exact) mass is 655 g/mol. The summed E-state index contributed by atoms with van der Waals surface area (Å²) in [6, 6.07) is 9.74. The van der Waals surface area contributed by atoms with Crippen LogP contribution in [0.3, 0.4) is 0 Å². The van der Waals surface area contributed by atoms with E-state index in [2.05, 4.69) is 20.9 Å². The summed E-state index contributed by atoms with van der Waals surface area (Å²) in [5, 5.41) is 8.83. The third-order valence-corrected chi connectivity index (χ3v) is 8.56. The molecule has 1 unspecified atom stereocenters. The molecular formula is C34H40F3N5O5. The SMILES string of the molecule is NC(C(=O)Nc1cncc(F)c1CC[C@@H]1CN[C@H](COC(=O)NCC2CCOCC2)CO1)C(c1ccc(F)cc1)c1ccc(F)cc1. The number of alkyl carbamates (subject to hydrolysis) is 1. The molecule has 2 amide bonds. The minimum atomic E-state index is -1.18. The van der Waals surface area contributed by atoms with Gasteiger partial charge in [0, 0.05) is 37.8 Å². The number of ether oxygens (including phenoxy) is 3. The molecule has 5 N–H and O–H groups in total. The molecule has 3 heterocycles. The lowest BCUT2D eigenvalue weighted by atomic mass is 9.85. The van der Waals surface area contributed by atoms with Gasteiger partial charge in [-0.15, -0.1) is 0 Å². The van der Waals surface area contributed by atoms with Crippen LogP contribution in [-0.2, 0) is 25.4 Å². The summed E-state index contributed by atoms with van der Waals surface area (Å²) in [4.78, 5) is 29.5. The van der Waals surface area contributed by atoms with Crippen molar-refractivity contribution in [2.24, 2.45) is 11.7 Å². The van der Waals surface area contributed by atoms with Crippen molar-refractivity contribution >= 4 is 17.7 Å². The van der Waals surface area contributed by atoms with Crippen LogP contribution in [0, 0.1) is 23.4 Å². The quantitative estimate of drug-likeness (QED) is 0.230. The van der Waals surface area contributed by atoms with Crippen LogP contribution in [0.5, 0.6) is 0 Å². The minimum Gasteiger partial charge on any atom is -0.448 e. The normalized spacial score (nSPS) is 19.3. The summed E-state index contributed by atoms with van der Waals surface area (Å²) < 4.78 is 59.0. The predicted octanol–water partition coefficient (Wildman–Crippen LogP) is 4.04. The average molecular weight is 656 g/mol. The average Bonchev–Trinajstić information content (AvgIpc) is 3.09. The van der Waals surface area contributed by atoms with Gasteiger partial charge in [0.2, 0.25) is 5.91 Å². The zero-order valence-electron chi connectivity index (χ0n) is 25.9. The van der Waals surface area contributed by atoms with E-state index in [0.29, 0.717) is 56.4 Å². The summed E-state index contributed by atoms with van der Waals surface area (Å²) in [7, 11) is 0. The Kier molecular flexibility index (Phi) is 12.2. The number of carbonyl (C=O) groups is 2. The molecule has 13 heteroatoms. The van der Waals surface area contributed by atoms with Crippen LogP contribution in [0.25, 0.3) is 0 Å². The number of hydrogen-bond donors (Lipinski definition) is 4. The molecule has 5 rings (SSSR count). The van der Waals surface area contributed by atoms with Gasteiger partial charge in [0.15, 0.2) is 0 Å². The van der Waals surface area contributed by atoms with E-state index in [1.165, 1.54) is 54.7 Å². The van der Waals surface area contributed by atoms with E-state index in [4.69, 9.17) is 19.9 Å². The zero-order valence-corrected chi connectivity index (χ0v) is 25.9. The first kappa shape index (κ1) is 34.3. The number of aromatic nitrogens is 1. The molecule has 2 aliphatic rings. The molecule has 3 atom stereocenters. The van der Waals surface area contributed by atoms with Gasteiger partial charge in [0.1, 0.15) is 24.1 Å². The van der Waals surface area contributed by atoms with Crippen molar-refractivity contribution in [2.45, 2.75) is 49.8 Å². The van der Waals surface area contributed by atoms with Crippen LogP contribution in [0.1, 0.15) is 41.9 Å². The fourth-order valence-electron chi connectivity index (χ4n) is 5.81. The molecule has 0 spiro atoms. The second-order valence-electron chi connectivity index (χ2n) is 11.9. The number of nitrogens with zero attached hydrogens (tertiary/aromatic N) is 1. The maximum absolute atomic E-state index is 15.0. The van der Waals surface area contributed by atoms with Crippen molar-refractivity contribution in [3.63, 3.8) is 0 Å². The molecule has 0 saturated carbocycles. The molecule has 10 nitrogen and oxygen atoms in total. The topological polar surface area (TPSA) is 137 Å². The van der Waals surface area contributed by atoms with Gasteiger partial charge < -0.3 is 35.9 Å². The van der Waals surface area contributed by atoms with Crippen molar-refractivity contribution in [1.29, 1.82) is 0 Å². The molecular weight excluding hydrogens is 615 g/mol. The number of nitrogens with one attached hydrogen (secondary N) is 3. The van der Waals surface area contributed by atoms with Crippen LogP contribution in [-0.4, -0.2) is 74.7 Å². The summed E-state index contributed by atoms with van der Waals surface area (Å²) in [5.74, 6) is -2.46. The largest absolute Gasteiger partial charge is 0.448 e. The number of morpholine rings is 1. The van der Waals surface area contributed by atoms with Gasteiger partial charge in [-0.1, -0.05) is 24.3 Å². The highest BCUT2D eigenvalue weighted by Crippen LogP contribution is 2.29. The highest BCUT2D eigenvalue weighted by Gasteiger charge is 2.29. The standard InChI is InChI=1S/C34H40F3N5O5/c35-24-5-1-22(2-6-24)31(23-3-7-25(36)8-4-23)32(38)33(43)42-30-18-39-17-29(37)28(30)10-9-27-16-40-26(19-46-27)20-47-34(44)41-15-21-11-13-45-14-12-21/h1-8,17-18,21,26-27,31-32,40H,9-16,19-20,38H2,(H,41,44)(H,42,43)/t26-,27+,32?/m0/s1. The molecule has 47 heavy (non-hydrogen) atoms. The predicted molar refractivity (Wildman–Crippen MR) is 168 cm³/mol. The second-order valence-corrected chi connectivity index (χ2v) is 11.9. The molecule has 0 radical (unpaired) electrons. The Hall–Kier alpha value is -4.04. The van der Waals surface area contributed by atoms with Gasteiger partial charge in [0.25, 0.3) is 0 Å². The lowest BCUT2D eigenvalue weighted by molar-refractivity contribution is -0.117. The first-order valence-corrected chi connectivity index (χ1v) is 15.8. The number of anilines is 1. The van der Waals surface area contributed by atoms with E-state index in [0.717, 1.165) is 19.0 Å². The van der Waals surface area contributed by atoms with Crippen molar-refractivity contribution in [3.05, 3.63) is 95.1 Å². The molecule has 1 aromatic heterocycles. The van der Waals surface area contributed by atoms with Crippen molar-refractivity contribution in [2.75, 3.05) is 44.8 Å². The highest BCUT2D eigenvalue weighted by atomic mass is 19.1. The smallest absolute Gasteiger partial charge is 0.407 e. The fourth-order valence-corrected chi connectivity index (χ4v) is 5.81. The number of pyridine rings is 1. The minimum absolute atomic E-state index is 0.151. The van der Waals surface area contributed by atoms with Gasteiger partial charge in [0.05, 0.1) is 42.9 Å². The fraction of sp³-hybridized carbons (Fsp3) is 0.441. The molecule has 252 valence electrons. The number of amides is 2. The number of hydrogen-bond acceptors (Lipinski definition) is 8. The first-order chi connectivity index (χ1) is 22.8. The van der Waals surface area contributed by atoms with E-state index in [-0.39, 0.29) is 36.4 Å². The summed E-state index contributed by atoms with van der Waals surface area (Å²) in [6.07, 6.45) is 4.23. The van der Waals surface area contributed by atoms with Gasteiger partial charge in [-0.25, -0.2) is 18.0 Å². The Morgan fingerprint density at radius 3 is 2.28 bits per heavy atom. The van der Waals surface area contributed by atoms with Crippen LogP contribution in [0.4, 0.5) is 23.7 Å². The van der Waals surface area contributed by atoms with Crippen LogP contribution in [0.2, 0.25) is 0 Å². The van der Waals surface area contributed by atoms with Crippen LogP contribution >= 0.6 is 0 Å². The molecule has 2 aromatic carbocycles. The summed E-state index contributed by atoms with van der Waals surface area (Å²) in [6.45, 7) is 2.90. The third-order valence-electron chi connectivity index (χ3n) is 8.56. The van der Waals surface area contributed by atoms with Gasteiger partial charge in [-0.2, -0.15) is 0 Å². The number of nitrogens with two attached hydrogens (primary N) is 1. The molecule has 2 aliphatic heterocycles. The maximum Gasteiger partial charge on any atom is 0.407 e. The Balaban J connectivity index is 1.13. The number of carbonyl (C=O) groups excluding carboxylic acids is 2. The Labute approximate surface area is 271 Å².